The third-order valence-electron chi connectivity index (χ3n) is 3.41. The van der Waals surface area contributed by atoms with Crippen molar-refractivity contribution in [1.29, 1.82) is 0 Å². The van der Waals surface area contributed by atoms with Crippen molar-refractivity contribution in [2.45, 2.75) is 46.5 Å². The fraction of sp³-hybridized carbons (Fsp3) is 0.474. The number of nitrogens with two attached hydrogens (primary N) is 1. The molecule has 2 heterocycles. The molecule has 2 aromatic rings. The Labute approximate surface area is 186 Å². The van der Waals surface area contributed by atoms with Crippen LogP contribution in [0, 0.1) is 0 Å². The van der Waals surface area contributed by atoms with E-state index in [1.807, 2.05) is 13.8 Å². The van der Waals surface area contributed by atoms with E-state index < -0.39 is 11.9 Å². The lowest BCUT2D eigenvalue weighted by molar-refractivity contribution is 0.0517. The Bertz CT molecular complexity index is 822. The van der Waals surface area contributed by atoms with Crippen LogP contribution in [0.4, 0.5) is 0 Å². The highest BCUT2D eigenvalue weighted by molar-refractivity contribution is 6.28. The summed E-state index contributed by atoms with van der Waals surface area (Å²) in [6.07, 6.45) is 6.41. The van der Waals surface area contributed by atoms with Crippen molar-refractivity contribution in [3.05, 3.63) is 45.5 Å². The van der Waals surface area contributed by atoms with Gasteiger partial charge in [-0.25, -0.2) is 24.7 Å². The Morgan fingerprint density at radius 3 is 1.77 bits per heavy atom. The molecule has 1 amide bonds. The van der Waals surface area contributed by atoms with E-state index in [9.17, 15) is 9.59 Å². The van der Waals surface area contributed by atoms with Gasteiger partial charge in [-0.1, -0.05) is 26.7 Å². The summed E-state index contributed by atoms with van der Waals surface area (Å²) in [5.74, 6) is -1.00. The van der Waals surface area contributed by atoms with Crippen LogP contribution in [0.2, 0.25) is 10.6 Å². The standard InChI is InChI=1S/C10H13ClN2O2.C8H10ClN3O.CH4O/c1-3-5-7-6-12-10(11)13-8(7)9(14)15-4-2;1-2-3-5-4-11-8(9)12-6(5)7(10)13;1-2/h6H,3-5H2,1-2H3;4H,2-3H2,1H3,(H2,10,13);2H,1H3. The Balaban J connectivity index is 0.000000522. The van der Waals surface area contributed by atoms with Gasteiger partial charge in [-0.15, -0.1) is 0 Å². The summed E-state index contributed by atoms with van der Waals surface area (Å²) in [6.45, 7) is 6.09. The molecule has 11 heteroatoms. The molecule has 0 bridgehead atoms. The molecule has 9 nitrogen and oxygen atoms in total. The van der Waals surface area contributed by atoms with Crippen LogP contribution in [0.1, 0.15) is 65.7 Å². The summed E-state index contributed by atoms with van der Waals surface area (Å²) in [6, 6.07) is 0. The molecule has 0 saturated heterocycles. The summed E-state index contributed by atoms with van der Waals surface area (Å²) < 4.78 is 4.88. The number of amides is 1. The van der Waals surface area contributed by atoms with Crippen LogP contribution in [-0.4, -0.2) is 50.6 Å². The molecule has 166 valence electrons. The summed E-state index contributed by atoms with van der Waals surface area (Å²) in [5, 5.41) is 7.12. The molecule has 0 aliphatic rings. The molecule has 3 N–H and O–H groups in total. The number of hydrogen-bond acceptors (Lipinski definition) is 8. The molecule has 2 aromatic heterocycles. The summed E-state index contributed by atoms with van der Waals surface area (Å²) in [7, 11) is 1.00. The molecule has 0 aliphatic carbocycles. The second-order valence-electron chi connectivity index (χ2n) is 5.61. The molecule has 0 saturated carbocycles. The SMILES string of the molecule is CCCc1cnc(Cl)nc1C(=O)OCC.CCCc1cnc(Cl)nc1C(N)=O.CO. The minimum Gasteiger partial charge on any atom is -0.461 e. The van der Waals surface area contributed by atoms with E-state index in [1.165, 1.54) is 0 Å². The smallest absolute Gasteiger partial charge is 0.357 e. The Morgan fingerprint density at radius 2 is 1.37 bits per heavy atom. The van der Waals surface area contributed by atoms with Crippen molar-refractivity contribution in [3.63, 3.8) is 0 Å². The van der Waals surface area contributed by atoms with E-state index in [2.05, 4.69) is 19.9 Å². The number of aliphatic hydroxyl groups excluding tert-OH is 1. The number of aromatic nitrogens is 4. The molecule has 0 aliphatic heterocycles. The first-order valence-electron chi connectivity index (χ1n) is 9.28. The molecule has 0 aromatic carbocycles. The quantitative estimate of drug-likeness (QED) is 0.474. The number of carbonyl (C=O) groups excluding carboxylic acids is 2. The summed E-state index contributed by atoms with van der Waals surface area (Å²) in [5.41, 5.74) is 7.15. The van der Waals surface area contributed by atoms with Gasteiger partial charge in [-0.2, -0.15) is 0 Å². The maximum Gasteiger partial charge on any atom is 0.357 e. The van der Waals surface area contributed by atoms with E-state index in [4.69, 9.17) is 38.8 Å². The van der Waals surface area contributed by atoms with Crippen molar-refractivity contribution < 1.29 is 19.4 Å². The number of rotatable bonds is 7. The van der Waals surface area contributed by atoms with E-state index in [1.54, 1.807) is 19.3 Å². The summed E-state index contributed by atoms with van der Waals surface area (Å²) in [4.78, 5) is 37.7. The van der Waals surface area contributed by atoms with Crippen LogP contribution >= 0.6 is 23.2 Å². The number of carbonyl (C=O) groups is 2. The highest BCUT2D eigenvalue weighted by Gasteiger charge is 2.15. The lowest BCUT2D eigenvalue weighted by atomic mass is 10.1. The van der Waals surface area contributed by atoms with Crippen molar-refractivity contribution in [2.75, 3.05) is 13.7 Å². The lowest BCUT2D eigenvalue weighted by Gasteiger charge is -2.06. The van der Waals surface area contributed by atoms with Gasteiger partial charge in [0, 0.05) is 30.6 Å². The van der Waals surface area contributed by atoms with E-state index in [-0.39, 0.29) is 22.0 Å². The second-order valence-corrected chi connectivity index (χ2v) is 6.29. The second kappa shape index (κ2) is 15.5. The monoisotopic (exact) mass is 459 g/mol. The zero-order valence-corrected chi connectivity index (χ0v) is 19.0. The van der Waals surface area contributed by atoms with E-state index >= 15 is 0 Å². The number of nitrogens with zero attached hydrogens (tertiary/aromatic N) is 4. The fourth-order valence-corrected chi connectivity index (χ4v) is 2.53. The zero-order valence-electron chi connectivity index (χ0n) is 17.5. The molecule has 0 unspecified atom stereocenters. The average molecular weight is 460 g/mol. The molecule has 0 spiro atoms. The van der Waals surface area contributed by atoms with Crippen LogP contribution in [0.3, 0.4) is 0 Å². The van der Waals surface area contributed by atoms with Crippen LogP contribution < -0.4 is 5.73 Å². The number of aliphatic hydroxyl groups is 1. The van der Waals surface area contributed by atoms with E-state index in [0.29, 0.717) is 6.61 Å². The van der Waals surface area contributed by atoms with Gasteiger partial charge >= 0.3 is 5.97 Å². The average Bonchev–Trinajstić information content (AvgIpc) is 2.73. The topological polar surface area (TPSA) is 141 Å². The minimum absolute atomic E-state index is 0.0497. The molecule has 0 atom stereocenters. The van der Waals surface area contributed by atoms with Crippen LogP contribution in [0.25, 0.3) is 0 Å². The first kappa shape index (κ1) is 27.6. The van der Waals surface area contributed by atoms with Gasteiger partial charge in [0.05, 0.1) is 6.61 Å². The third kappa shape index (κ3) is 9.43. The molecular formula is C19H27Cl2N5O4. The van der Waals surface area contributed by atoms with Gasteiger partial charge in [0.25, 0.3) is 5.91 Å². The van der Waals surface area contributed by atoms with Gasteiger partial charge in [0.1, 0.15) is 5.69 Å². The van der Waals surface area contributed by atoms with Gasteiger partial charge in [0.15, 0.2) is 5.69 Å². The predicted octanol–water partition coefficient (Wildman–Crippen LogP) is 3.05. The first-order chi connectivity index (χ1) is 14.3. The predicted molar refractivity (Wildman–Crippen MR) is 115 cm³/mol. The Kier molecular flexibility index (Phi) is 14.3. The fourth-order valence-electron chi connectivity index (χ4n) is 2.26. The van der Waals surface area contributed by atoms with Crippen LogP contribution in [0.15, 0.2) is 12.4 Å². The van der Waals surface area contributed by atoms with Gasteiger partial charge < -0.3 is 15.6 Å². The Morgan fingerprint density at radius 1 is 0.933 bits per heavy atom. The number of esters is 1. The Hall–Kier alpha value is -2.36. The van der Waals surface area contributed by atoms with Crippen LogP contribution in [0.5, 0.6) is 0 Å². The molecule has 0 fully saturated rings. The summed E-state index contributed by atoms with van der Waals surface area (Å²) >= 11 is 11.2. The highest BCUT2D eigenvalue weighted by Crippen LogP contribution is 2.12. The zero-order chi connectivity index (χ0) is 23.1. The first-order valence-corrected chi connectivity index (χ1v) is 10.0. The maximum atomic E-state index is 11.5. The normalized spacial score (nSPS) is 9.57. The van der Waals surface area contributed by atoms with Gasteiger partial charge in [-0.05, 0) is 43.0 Å². The third-order valence-corrected chi connectivity index (χ3v) is 3.78. The number of halogens is 2. The number of ether oxygens (including phenoxy) is 1. The lowest BCUT2D eigenvalue weighted by Crippen LogP contribution is -2.16. The van der Waals surface area contributed by atoms with Gasteiger partial charge in [0.2, 0.25) is 10.6 Å². The van der Waals surface area contributed by atoms with Crippen molar-refractivity contribution in [3.8, 4) is 0 Å². The van der Waals surface area contributed by atoms with Crippen molar-refractivity contribution >= 4 is 35.1 Å². The van der Waals surface area contributed by atoms with E-state index in [0.717, 1.165) is 43.9 Å². The molecular weight excluding hydrogens is 433 g/mol. The van der Waals surface area contributed by atoms with Gasteiger partial charge in [-0.3, -0.25) is 4.79 Å². The largest absolute Gasteiger partial charge is 0.461 e. The molecule has 0 radical (unpaired) electrons. The highest BCUT2D eigenvalue weighted by atomic mass is 35.5. The molecule has 30 heavy (non-hydrogen) atoms. The van der Waals surface area contributed by atoms with Crippen molar-refractivity contribution in [1.82, 2.24) is 19.9 Å². The number of aryl methyl sites for hydroxylation is 2. The van der Waals surface area contributed by atoms with Crippen molar-refractivity contribution in [2.24, 2.45) is 5.73 Å². The number of primary amides is 1. The maximum absolute atomic E-state index is 11.5. The minimum atomic E-state index is -0.562. The van der Waals surface area contributed by atoms with Crippen LogP contribution in [-0.2, 0) is 17.6 Å². The molecule has 2 rings (SSSR count). The number of hydrogen-bond donors (Lipinski definition) is 2.